The Morgan fingerprint density at radius 2 is 2.27 bits per heavy atom. The van der Waals surface area contributed by atoms with Gasteiger partial charge in [-0.2, -0.15) is 0 Å². The highest BCUT2D eigenvalue weighted by Gasteiger charge is 2.57. The Kier molecular flexibility index (Phi) is 1.96. The standard InChI is InChI=1S/C9H13NO4S/c11-7(12)14-9-5-15-8(10-9)3-1-6(13-9)2-4-8/h6,10H,1-5H2,(H,11,12)/t6?,8?,9-/m1/s1. The zero-order chi connectivity index (χ0) is 10.5. The number of fused-ring (bicyclic) bond motifs is 2. The summed E-state index contributed by atoms with van der Waals surface area (Å²) >= 11 is 1.73. The topological polar surface area (TPSA) is 67.8 Å². The van der Waals surface area contributed by atoms with Crippen molar-refractivity contribution >= 4 is 17.9 Å². The molecule has 0 aromatic rings. The van der Waals surface area contributed by atoms with E-state index in [4.69, 9.17) is 14.6 Å². The van der Waals surface area contributed by atoms with E-state index in [1.54, 1.807) is 11.8 Å². The van der Waals surface area contributed by atoms with Crippen LogP contribution in [0.5, 0.6) is 0 Å². The van der Waals surface area contributed by atoms with Gasteiger partial charge in [-0.05, 0) is 25.7 Å². The van der Waals surface area contributed by atoms with Gasteiger partial charge in [-0.3, -0.25) is 0 Å². The molecule has 3 aliphatic heterocycles. The highest BCUT2D eigenvalue weighted by molar-refractivity contribution is 8.00. The van der Waals surface area contributed by atoms with E-state index >= 15 is 0 Å². The second-order valence-corrected chi connectivity index (χ2v) is 5.70. The van der Waals surface area contributed by atoms with Crippen LogP contribution in [0.15, 0.2) is 0 Å². The second-order valence-electron chi connectivity index (χ2n) is 4.35. The zero-order valence-electron chi connectivity index (χ0n) is 8.19. The molecule has 1 saturated carbocycles. The molecule has 3 heterocycles. The lowest BCUT2D eigenvalue weighted by atomic mass is 9.93. The first-order valence-corrected chi connectivity index (χ1v) is 6.13. The first-order valence-electron chi connectivity index (χ1n) is 5.15. The zero-order valence-corrected chi connectivity index (χ0v) is 9.01. The van der Waals surface area contributed by atoms with E-state index in [-0.39, 0.29) is 11.0 Å². The molecule has 0 radical (unpaired) electrons. The molecule has 0 amide bonds. The lowest BCUT2D eigenvalue weighted by molar-refractivity contribution is -0.226. The van der Waals surface area contributed by atoms with Crippen LogP contribution in [0, 0.1) is 0 Å². The molecule has 2 N–H and O–H groups in total. The van der Waals surface area contributed by atoms with E-state index in [1.807, 2.05) is 0 Å². The molecule has 0 aromatic heterocycles. The maximum atomic E-state index is 10.6. The maximum Gasteiger partial charge on any atom is 0.509 e. The quantitative estimate of drug-likeness (QED) is 0.664. The number of nitrogens with one attached hydrogen (secondary N) is 1. The fourth-order valence-corrected chi connectivity index (χ4v) is 4.07. The van der Waals surface area contributed by atoms with Crippen molar-refractivity contribution in [3.8, 4) is 0 Å². The number of thioether (sulfide) groups is 1. The summed E-state index contributed by atoms with van der Waals surface area (Å²) in [5.74, 6) is -0.538. The molecule has 4 fully saturated rings. The van der Waals surface area contributed by atoms with Gasteiger partial charge in [0.2, 0.25) is 0 Å². The van der Waals surface area contributed by atoms with Gasteiger partial charge in [0.1, 0.15) is 0 Å². The molecule has 15 heavy (non-hydrogen) atoms. The third-order valence-electron chi connectivity index (χ3n) is 3.31. The highest BCUT2D eigenvalue weighted by atomic mass is 32.2. The summed E-state index contributed by atoms with van der Waals surface area (Å²) in [6.45, 7) is 0. The van der Waals surface area contributed by atoms with Gasteiger partial charge in [-0.1, -0.05) is 0 Å². The Labute approximate surface area is 91.5 Å². The fourth-order valence-electron chi connectivity index (χ4n) is 2.65. The predicted molar refractivity (Wildman–Crippen MR) is 53.5 cm³/mol. The average Bonchev–Trinajstić information content (AvgIpc) is 2.34. The number of hydrogen-bond donors (Lipinski definition) is 2. The van der Waals surface area contributed by atoms with Gasteiger partial charge in [0.05, 0.1) is 16.7 Å². The summed E-state index contributed by atoms with van der Waals surface area (Å²) in [6.07, 6.45) is 2.92. The Bertz CT molecular complexity index is 302. The van der Waals surface area contributed by atoms with Crippen LogP contribution in [0.2, 0.25) is 0 Å². The van der Waals surface area contributed by atoms with Crippen LogP contribution < -0.4 is 5.32 Å². The van der Waals surface area contributed by atoms with Crippen LogP contribution in [0.4, 0.5) is 4.79 Å². The molecule has 1 aliphatic carbocycles. The molecule has 4 aliphatic rings. The molecular formula is C9H13NO4S. The van der Waals surface area contributed by atoms with Gasteiger partial charge in [0, 0.05) is 0 Å². The molecular weight excluding hydrogens is 218 g/mol. The monoisotopic (exact) mass is 231 g/mol. The third-order valence-corrected chi connectivity index (χ3v) is 4.89. The largest absolute Gasteiger partial charge is 0.509 e. The van der Waals surface area contributed by atoms with Crippen molar-refractivity contribution in [1.29, 1.82) is 0 Å². The first kappa shape index (κ1) is 9.74. The maximum absolute atomic E-state index is 10.6. The summed E-state index contributed by atoms with van der Waals surface area (Å²) in [6, 6.07) is 0. The lowest BCUT2D eigenvalue weighted by Gasteiger charge is -2.32. The van der Waals surface area contributed by atoms with Crippen LogP contribution in [-0.2, 0) is 9.47 Å². The van der Waals surface area contributed by atoms with E-state index in [9.17, 15) is 4.79 Å². The van der Waals surface area contributed by atoms with Crippen LogP contribution in [0.3, 0.4) is 0 Å². The number of hydrogen-bond acceptors (Lipinski definition) is 5. The van der Waals surface area contributed by atoms with Crippen molar-refractivity contribution in [2.75, 3.05) is 5.75 Å². The molecule has 3 bridgehead atoms. The van der Waals surface area contributed by atoms with Crippen LogP contribution >= 0.6 is 11.8 Å². The molecule has 0 unspecified atom stereocenters. The third kappa shape index (κ3) is 1.51. The van der Waals surface area contributed by atoms with Gasteiger partial charge in [-0.25, -0.2) is 10.1 Å². The number of rotatable bonds is 1. The number of ether oxygens (including phenoxy) is 2. The Balaban J connectivity index is 1.89. The van der Waals surface area contributed by atoms with Crippen LogP contribution in [0.25, 0.3) is 0 Å². The molecule has 4 rings (SSSR count). The van der Waals surface area contributed by atoms with Gasteiger partial charge < -0.3 is 14.6 Å². The van der Waals surface area contributed by atoms with Gasteiger partial charge in [0.25, 0.3) is 5.91 Å². The minimum atomic E-state index is -1.28. The average molecular weight is 231 g/mol. The molecule has 84 valence electrons. The van der Waals surface area contributed by atoms with E-state index in [0.717, 1.165) is 25.7 Å². The van der Waals surface area contributed by atoms with Gasteiger partial charge in [-0.15, -0.1) is 11.8 Å². The molecule has 0 aromatic carbocycles. The van der Waals surface area contributed by atoms with Gasteiger partial charge in [0.15, 0.2) is 0 Å². The van der Waals surface area contributed by atoms with Crippen LogP contribution in [-0.4, -0.2) is 33.9 Å². The van der Waals surface area contributed by atoms with Crippen molar-refractivity contribution in [2.24, 2.45) is 0 Å². The molecule has 1 spiro atoms. The molecule has 6 heteroatoms. The van der Waals surface area contributed by atoms with Gasteiger partial charge >= 0.3 is 6.16 Å². The Morgan fingerprint density at radius 3 is 2.93 bits per heavy atom. The number of carboxylic acid groups (broad SMARTS) is 1. The number of carbonyl (C=O) groups is 1. The van der Waals surface area contributed by atoms with Crippen molar-refractivity contribution in [3.05, 3.63) is 0 Å². The van der Waals surface area contributed by atoms with E-state index in [2.05, 4.69) is 5.32 Å². The Hall–Kier alpha value is -0.460. The summed E-state index contributed by atoms with van der Waals surface area (Å²) < 4.78 is 10.6. The van der Waals surface area contributed by atoms with E-state index < -0.39 is 12.1 Å². The minimum absolute atomic E-state index is 0.0115. The SMILES string of the molecule is O=C(O)O[C@@]12CSC3(CCC(CC3)O1)N2. The minimum Gasteiger partial charge on any atom is -0.450 e. The predicted octanol–water partition coefficient (Wildman–Crippen LogP) is 1.34. The highest BCUT2D eigenvalue weighted by Crippen LogP contribution is 2.50. The van der Waals surface area contributed by atoms with Crippen molar-refractivity contribution in [2.45, 2.75) is 42.6 Å². The summed E-state index contributed by atoms with van der Waals surface area (Å²) in [5, 5.41) is 12.0. The van der Waals surface area contributed by atoms with Crippen molar-refractivity contribution in [1.82, 2.24) is 5.32 Å². The second kappa shape index (κ2) is 3.02. The lowest BCUT2D eigenvalue weighted by Crippen LogP contribution is -2.52. The summed E-state index contributed by atoms with van der Waals surface area (Å²) in [5.41, 5.74) is 0. The molecule has 5 nitrogen and oxygen atoms in total. The van der Waals surface area contributed by atoms with Crippen molar-refractivity contribution < 1.29 is 19.4 Å². The summed E-state index contributed by atoms with van der Waals surface area (Å²) in [7, 11) is 0. The first-order chi connectivity index (χ1) is 7.12. The summed E-state index contributed by atoms with van der Waals surface area (Å²) in [4.78, 5) is 10.6. The van der Waals surface area contributed by atoms with E-state index in [1.165, 1.54) is 0 Å². The van der Waals surface area contributed by atoms with Crippen molar-refractivity contribution in [3.63, 3.8) is 0 Å². The Morgan fingerprint density at radius 1 is 1.53 bits per heavy atom. The molecule has 1 atom stereocenters. The van der Waals surface area contributed by atoms with E-state index in [0.29, 0.717) is 5.75 Å². The smallest absolute Gasteiger partial charge is 0.450 e. The van der Waals surface area contributed by atoms with Crippen LogP contribution in [0.1, 0.15) is 25.7 Å². The fraction of sp³-hybridized carbons (Fsp3) is 0.889. The molecule has 3 saturated heterocycles. The normalized spacial score (nSPS) is 47.6.